The number of rotatable bonds is 6. The summed E-state index contributed by atoms with van der Waals surface area (Å²) in [5.74, 6) is -0.303. The number of benzene rings is 2. The molecule has 5 heteroatoms. The van der Waals surface area contributed by atoms with Crippen LogP contribution in [-0.2, 0) is 6.42 Å². The van der Waals surface area contributed by atoms with Crippen molar-refractivity contribution in [3.05, 3.63) is 53.5 Å². The summed E-state index contributed by atoms with van der Waals surface area (Å²) in [5, 5.41) is 4.51. The number of carbonyl (C=O) groups excluding carboxylic acids is 2. The normalized spacial score (nSPS) is 18.1. The van der Waals surface area contributed by atoms with E-state index < -0.39 is 0 Å². The van der Waals surface area contributed by atoms with E-state index in [0.717, 1.165) is 66.3 Å². The van der Waals surface area contributed by atoms with Crippen LogP contribution in [0.15, 0.2) is 36.4 Å². The molecule has 1 fully saturated rings. The molecule has 1 N–H and O–H groups in total. The summed E-state index contributed by atoms with van der Waals surface area (Å²) in [7, 11) is 0. The SMILES string of the molecule is CCC1(CC)CC(=O)n2c(c(-c3ccc(C=O)c(NC4CCCCC4)c3)c3ccc(F)cc32)C1. The molecule has 5 rings (SSSR count). The summed E-state index contributed by atoms with van der Waals surface area (Å²) in [5.41, 5.74) is 4.95. The van der Waals surface area contributed by atoms with Gasteiger partial charge >= 0.3 is 0 Å². The highest BCUT2D eigenvalue weighted by Crippen LogP contribution is 2.46. The van der Waals surface area contributed by atoms with Crippen molar-refractivity contribution >= 4 is 28.8 Å². The van der Waals surface area contributed by atoms with Crippen LogP contribution in [0.1, 0.15) is 86.1 Å². The maximum absolute atomic E-state index is 14.3. The van der Waals surface area contributed by atoms with Gasteiger partial charge in [0.25, 0.3) is 0 Å². The Morgan fingerprint density at radius 2 is 1.82 bits per heavy atom. The number of carbonyl (C=O) groups is 2. The van der Waals surface area contributed by atoms with E-state index in [-0.39, 0.29) is 17.1 Å². The van der Waals surface area contributed by atoms with Gasteiger partial charge in [0.05, 0.1) is 5.52 Å². The molecule has 34 heavy (non-hydrogen) atoms. The first-order valence-corrected chi connectivity index (χ1v) is 12.7. The minimum Gasteiger partial charge on any atom is -0.382 e. The molecule has 2 aliphatic rings. The molecule has 4 nitrogen and oxygen atoms in total. The number of aromatic nitrogens is 1. The lowest BCUT2D eigenvalue weighted by Crippen LogP contribution is -2.35. The van der Waals surface area contributed by atoms with Gasteiger partial charge in [-0.25, -0.2) is 4.39 Å². The van der Waals surface area contributed by atoms with Gasteiger partial charge in [-0.1, -0.05) is 39.2 Å². The topological polar surface area (TPSA) is 51.1 Å². The molecule has 3 aromatic rings. The van der Waals surface area contributed by atoms with Crippen LogP contribution >= 0.6 is 0 Å². The second kappa shape index (κ2) is 9.01. The predicted octanol–water partition coefficient (Wildman–Crippen LogP) is 7.40. The Bertz CT molecular complexity index is 1250. The van der Waals surface area contributed by atoms with Crippen LogP contribution in [0.5, 0.6) is 0 Å². The zero-order valence-electron chi connectivity index (χ0n) is 20.1. The third-order valence-corrected chi connectivity index (χ3v) is 8.28. The van der Waals surface area contributed by atoms with E-state index in [0.29, 0.717) is 23.5 Å². The molecular weight excluding hydrogens is 427 g/mol. The molecule has 0 bridgehead atoms. The number of nitrogens with zero attached hydrogens (tertiary/aromatic N) is 1. The summed E-state index contributed by atoms with van der Waals surface area (Å²) in [6.45, 7) is 4.30. The van der Waals surface area contributed by atoms with Crippen LogP contribution < -0.4 is 5.32 Å². The molecule has 1 aromatic heterocycles. The molecule has 1 aliphatic carbocycles. The number of anilines is 1. The minimum atomic E-state index is -0.342. The number of aldehydes is 1. The average molecular weight is 461 g/mol. The van der Waals surface area contributed by atoms with Crippen molar-refractivity contribution in [2.24, 2.45) is 5.41 Å². The van der Waals surface area contributed by atoms with Crippen molar-refractivity contribution in [2.45, 2.75) is 77.7 Å². The van der Waals surface area contributed by atoms with Crippen LogP contribution in [0.4, 0.5) is 10.1 Å². The van der Waals surface area contributed by atoms with Crippen LogP contribution in [0, 0.1) is 11.2 Å². The Morgan fingerprint density at radius 3 is 2.53 bits per heavy atom. The first-order valence-electron chi connectivity index (χ1n) is 12.7. The molecule has 178 valence electrons. The van der Waals surface area contributed by atoms with E-state index in [9.17, 15) is 14.0 Å². The number of fused-ring (bicyclic) bond motifs is 3. The fourth-order valence-electron chi connectivity index (χ4n) is 6.06. The van der Waals surface area contributed by atoms with E-state index in [1.165, 1.54) is 31.4 Å². The predicted molar refractivity (Wildman–Crippen MR) is 135 cm³/mol. The highest BCUT2D eigenvalue weighted by Gasteiger charge is 2.39. The van der Waals surface area contributed by atoms with E-state index in [2.05, 4.69) is 25.2 Å². The summed E-state index contributed by atoms with van der Waals surface area (Å²) in [4.78, 5) is 25.2. The highest BCUT2D eigenvalue weighted by molar-refractivity contribution is 6.05. The lowest BCUT2D eigenvalue weighted by molar-refractivity contribution is 0.0769. The molecule has 1 aliphatic heterocycles. The molecule has 1 saturated carbocycles. The van der Waals surface area contributed by atoms with Crippen molar-refractivity contribution in [3.8, 4) is 11.1 Å². The van der Waals surface area contributed by atoms with Gasteiger partial charge in [-0.05, 0) is 73.4 Å². The summed E-state index contributed by atoms with van der Waals surface area (Å²) in [6.07, 6.45) is 9.89. The molecule has 0 saturated heterocycles. The third-order valence-electron chi connectivity index (χ3n) is 8.28. The second-order valence-electron chi connectivity index (χ2n) is 10.2. The highest BCUT2D eigenvalue weighted by atomic mass is 19.1. The third kappa shape index (κ3) is 3.85. The Balaban J connectivity index is 1.69. The molecule has 0 unspecified atom stereocenters. The minimum absolute atomic E-state index is 0.0388. The average Bonchev–Trinajstić information content (AvgIpc) is 3.17. The Hall–Kier alpha value is -2.95. The van der Waals surface area contributed by atoms with Gasteiger partial charge in [0.1, 0.15) is 5.82 Å². The Labute approximate surface area is 200 Å². The largest absolute Gasteiger partial charge is 0.382 e. The fraction of sp³-hybridized carbons (Fsp3) is 0.448. The lowest BCUT2D eigenvalue weighted by atomic mass is 9.72. The van der Waals surface area contributed by atoms with E-state index in [1.54, 1.807) is 10.6 Å². The summed E-state index contributed by atoms with van der Waals surface area (Å²) in [6, 6.07) is 11.0. The maximum Gasteiger partial charge on any atom is 0.231 e. The molecule has 0 atom stereocenters. The van der Waals surface area contributed by atoms with Crippen molar-refractivity contribution < 1.29 is 14.0 Å². The van der Waals surface area contributed by atoms with Crippen LogP contribution in [-0.4, -0.2) is 22.8 Å². The molecule has 2 heterocycles. The number of nitrogens with one attached hydrogen (secondary N) is 1. The van der Waals surface area contributed by atoms with Crippen LogP contribution in [0.2, 0.25) is 0 Å². The van der Waals surface area contributed by atoms with Crippen molar-refractivity contribution in [1.82, 2.24) is 4.57 Å². The van der Waals surface area contributed by atoms with Crippen molar-refractivity contribution in [3.63, 3.8) is 0 Å². The van der Waals surface area contributed by atoms with Crippen LogP contribution in [0.25, 0.3) is 22.0 Å². The van der Waals surface area contributed by atoms with Crippen molar-refractivity contribution in [1.29, 1.82) is 0 Å². The molecular formula is C29H33FN2O2. The van der Waals surface area contributed by atoms with E-state index in [4.69, 9.17) is 0 Å². The smallest absolute Gasteiger partial charge is 0.231 e. The molecule has 0 radical (unpaired) electrons. The zero-order valence-corrected chi connectivity index (χ0v) is 20.1. The maximum atomic E-state index is 14.3. The van der Waals surface area contributed by atoms with Gasteiger partial charge in [0.15, 0.2) is 6.29 Å². The quantitative estimate of drug-likeness (QED) is 0.390. The van der Waals surface area contributed by atoms with E-state index in [1.807, 2.05) is 12.1 Å². The second-order valence-corrected chi connectivity index (χ2v) is 10.2. The zero-order chi connectivity index (χ0) is 23.9. The Morgan fingerprint density at radius 1 is 1.06 bits per heavy atom. The number of hydrogen-bond donors (Lipinski definition) is 1. The first kappa shape index (κ1) is 22.8. The standard InChI is InChI=1S/C29H33FN2O2/c1-3-29(4-2)16-26-28(23-13-12-21(30)15-25(23)32(26)27(34)17-29)19-10-11-20(18-33)24(14-19)31-22-8-6-5-7-9-22/h10-15,18,22,31H,3-9,16-17H2,1-2H3. The summed E-state index contributed by atoms with van der Waals surface area (Å²) >= 11 is 0. The van der Waals surface area contributed by atoms with E-state index >= 15 is 0 Å². The monoisotopic (exact) mass is 460 g/mol. The van der Waals surface area contributed by atoms with Crippen LogP contribution in [0.3, 0.4) is 0 Å². The van der Waals surface area contributed by atoms with Gasteiger partial charge < -0.3 is 5.32 Å². The van der Waals surface area contributed by atoms with Gasteiger partial charge in [0.2, 0.25) is 5.91 Å². The molecule has 0 spiro atoms. The summed E-state index contributed by atoms with van der Waals surface area (Å²) < 4.78 is 16.0. The lowest BCUT2D eigenvalue weighted by Gasteiger charge is -2.36. The van der Waals surface area contributed by atoms with Gasteiger partial charge in [-0.3, -0.25) is 14.2 Å². The van der Waals surface area contributed by atoms with Gasteiger partial charge in [0, 0.05) is 40.4 Å². The molecule has 2 aromatic carbocycles. The first-order chi connectivity index (χ1) is 16.5. The Kier molecular flexibility index (Phi) is 6.05. The number of hydrogen-bond acceptors (Lipinski definition) is 3. The number of halogens is 1. The van der Waals surface area contributed by atoms with Gasteiger partial charge in [-0.2, -0.15) is 0 Å². The van der Waals surface area contributed by atoms with Crippen molar-refractivity contribution in [2.75, 3.05) is 5.32 Å². The van der Waals surface area contributed by atoms with Gasteiger partial charge in [-0.15, -0.1) is 0 Å². The fourth-order valence-corrected chi connectivity index (χ4v) is 6.06. The molecule has 0 amide bonds.